The molecule has 0 aromatic carbocycles. The van der Waals surface area contributed by atoms with Crippen LogP contribution in [0.2, 0.25) is 0 Å². The first-order valence-corrected chi connectivity index (χ1v) is 8.05. The third-order valence-corrected chi connectivity index (χ3v) is 3.32. The van der Waals surface area contributed by atoms with Crippen LogP contribution in [-0.2, 0) is 9.47 Å². The van der Waals surface area contributed by atoms with Gasteiger partial charge in [-0.05, 0) is 46.5 Å². The average molecular weight is 287 g/mol. The molecule has 0 heterocycles. The molecular formula is C17H37NO2. The number of hydrogen-bond donors (Lipinski definition) is 1. The van der Waals surface area contributed by atoms with Crippen LogP contribution < -0.4 is 5.32 Å². The maximum Gasteiger partial charge on any atom is 0.0750 e. The second-order valence-corrected chi connectivity index (χ2v) is 7.68. The van der Waals surface area contributed by atoms with Crippen molar-refractivity contribution in [2.75, 3.05) is 19.8 Å². The van der Waals surface area contributed by atoms with Crippen molar-refractivity contribution in [1.82, 2.24) is 5.32 Å². The van der Waals surface area contributed by atoms with E-state index in [9.17, 15) is 0 Å². The van der Waals surface area contributed by atoms with Gasteiger partial charge in [0, 0.05) is 19.2 Å². The molecule has 0 fully saturated rings. The summed E-state index contributed by atoms with van der Waals surface area (Å²) in [6.07, 6.45) is 2.05. The number of nitrogens with one attached hydrogen (secondary N) is 1. The molecule has 0 aliphatic rings. The average Bonchev–Trinajstić information content (AvgIpc) is 2.25. The van der Waals surface area contributed by atoms with Crippen LogP contribution in [0.5, 0.6) is 0 Å². The SMILES string of the molecule is CC(C)CCOC(C)(C)CCOC(C)(C)CNC(C)C. The van der Waals surface area contributed by atoms with E-state index in [0.717, 1.165) is 32.6 Å². The zero-order valence-electron chi connectivity index (χ0n) is 15.0. The minimum atomic E-state index is -0.127. The third-order valence-electron chi connectivity index (χ3n) is 3.32. The molecule has 0 aliphatic carbocycles. The molecule has 0 rings (SSSR count). The van der Waals surface area contributed by atoms with Crippen LogP contribution in [0.4, 0.5) is 0 Å². The van der Waals surface area contributed by atoms with Crippen LogP contribution in [0.3, 0.4) is 0 Å². The van der Waals surface area contributed by atoms with Crippen molar-refractivity contribution in [2.45, 2.75) is 85.5 Å². The summed E-state index contributed by atoms with van der Waals surface area (Å²) in [5.74, 6) is 0.697. The standard InChI is InChI=1S/C17H37NO2/c1-14(2)9-11-19-16(5,6)10-12-20-17(7,8)13-18-15(3)4/h14-15,18H,9-13H2,1-8H3. The Bertz CT molecular complexity index is 247. The minimum Gasteiger partial charge on any atom is -0.375 e. The smallest absolute Gasteiger partial charge is 0.0750 e. The molecule has 0 aliphatic heterocycles. The highest BCUT2D eigenvalue weighted by molar-refractivity contribution is 4.75. The van der Waals surface area contributed by atoms with Crippen LogP contribution in [0.25, 0.3) is 0 Å². The third kappa shape index (κ3) is 11.7. The molecule has 20 heavy (non-hydrogen) atoms. The maximum atomic E-state index is 6.00. The van der Waals surface area contributed by atoms with E-state index in [1.165, 1.54) is 0 Å². The van der Waals surface area contributed by atoms with Gasteiger partial charge in [0.2, 0.25) is 0 Å². The molecule has 3 heteroatoms. The highest BCUT2D eigenvalue weighted by Gasteiger charge is 2.22. The Balaban J connectivity index is 3.89. The molecule has 0 amide bonds. The van der Waals surface area contributed by atoms with Gasteiger partial charge in [-0.3, -0.25) is 0 Å². The van der Waals surface area contributed by atoms with Gasteiger partial charge in [-0.15, -0.1) is 0 Å². The van der Waals surface area contributed by atoms with E-state index in [1.54, 1.807) is 0 Å². The van der Waals surface area contributed by atoms with E-state index in [2.05, 4.69) is 60.7 Å². The lowest BCUT2D eigenvalue weighted by Gasteiger charge is -2.30. The van der Waals surface area contributed by atoms with Crippen LogP contribution in [-0.4, -0.2) is 37.0 Å². The highest BCUT2D eigenvalue weighted by atomic mass is 16.5. The van der Waals surface area contributed by atoms with Crippen molar-refractivity contribution >= 4 is 0 Å². The summed E-state index contributed by atoms with van der Waals surface area (Å²) in [4.78, 5) is 0. The Morgan fingerprint density at radius 2 is 1.40 bits per heavy atom. The van der Waals surface area contributed by atoms with E-state index >= 15 is 0 Å². The summed E-state index contributed by atoms with van der Waals surface area (Å²) in [6, 6.07) is 0.494. The van der Waals surface area contributed by atoms with Crippen molar-refractivity contribution in [3.63, 3.8) is 0 Å². The summed E-state index contributed by atoms with van der Waals surface area (Å²) in [5, 5.41) is 3.42. The minimum absolute atomic E-state index is 0.101. The van der Waals surface area contributed by atoms with Gasteiger partial charge in [-0.1, -0.05) is 27.7 Å². The van der Waals surface area contributed by atoms with Crippen LogP contribution >= 0.6 is 0 Å². The van der Waals surface area contributed by atoms with E-state index in [1.807, 2.05) is 0 Å². The quantitative estimate of drug-likeness (QED) is 0.623. The van der Waals surface area contributed by atoms with Gasteiger partial charge in [-0.2, -0.15) is 0 Å². The lowest BCUT2D eigenvalue weighted by Crippen LogP contribution is -2.41. The normalized spacial score (nSPS) is 13.5. The predicted molar refractivity (Wildman–Crippen MR) is 87.3 cm³/mol. The molecule has 0 saturated heterocycles. The highest BCUT2D eigenvalue weighted by Crippen LogP contribution is 2.18. The first-order valence-electron chi connectivity index (χ1n) is 8.05. The summed E-state index contributed by atoms with van der Waals surface area (Å²) >= 11 is 0. The van der Waals surface area contributed by atoms with Gasteiger partial charge in [0.25, 0.3) is 0 Å². The van der Waals surface area contributed by atoms with E-state index in [4.69, 9.17) is 9.47 Å². The van der Waals surface area contributed by atoms with E-state index in [0.29, 0.717) is 12.0 Å². The summed E-state index contributed by atoms with van der Waals surface area (Å²) in [7, 11) is 0. The number of hydrogen-bond acceptors (Lipinski definition) is 3. The van der Waals surface area contributed by atoms with Gasteiger partial charge in [-0.25, -0.2) is 0 Å². The first kappa shape index (κ1) is 19.9. The first-order chi connectivity index (χ1) is 9.04. The van der Waals surface area contributed by atoms with E-state index in [-0.39, 0.29) is 11.2 Å². The molecule has 0 radical (unpaired) electrons. The largest absolute Gasteiger partial charge is 0.375 e. The molecule has 0 saturated carbocycles. The lowest BCUT2D eigenvalue weighted by molar-refractivity contribution is -0.0732. The summed E-state index contributed by atoms with van der Waals surface area (Å²) < 4.78 is 12.0. The second kappa shape index (κ2) is 9.01. The lowest BCUT2D eigenvalue weighted by atomic mass is 10.0. The molecule has 0 bridgehead atoms. The predicted octanol–water partition coefficient (Wildman–Crippen LogP) is 4.01. The molecule has 0 aromatic heterocycles. The van der Waals surface area contributed by atoms with Gasteiger partial charge in [0.15, 0.2) is 0 Å². The molecule has 122 valence electrons. The van der Waals surface area contributed by atoms with Crippen molar-refractivity contribution in [3.05, 3.63) is 0 Å². The van der Waals surface area contributed by atoms with E-state index < -0.39 is 0 Å². The molecule has 0 aromatic rings. The van der Waals surface area contributed by atoms with Gasteiger partial charge >= 0.3 is 0 Å². The van der Waals surface area contributed by atoms with Crippen molar-refractivity contribution in [2.24, 2.45) is 5.92 Å². The fourth-order valence-corrected chi connectivity index (χ4v) is 1.72. The molecular weight excluding hydrogens is 250 g/mol. The fourth-order valence-electron chi connectivity index (χ4n) is 1.72. The molecule has 0 spiro atoms. The molecule has 3 nitrogen and oxygen atoms in total. The Morgan fingerprint density at radius 3 is 1.90 bits per heavy atom. The van der Waals surface area contributed by atoms with Crippen LogP contribution in [0.1, 0.15) is 68.2 Å². The van der Waals surface area contributed by atoms with Crippen molar-refractivity contribution < 1.29 is 9.47 Å². The van der Waals surface area contributed by atoms with Gasteiger partial charge < -0.3 is 14.8 Å². The van der Waals surface area contributed by atoms with Crippen LogP contribution in [0, 0.1) is 5.92 Å². The molecule has 0 unspecified atom stereocenters. The zero-order valence-corrected chi connectivity index (χ0v) is 15.0. The Morgan fingerprint density at radius 1 is 0.850 bits per heavy atom. The summed E-state index contributed by atoms with van der Waals surface area (Å²) in [6.45, 7) is 19.8. The molecule has 0 atom stereocenters. The maximum absolute atomic E-state index is 6.00. The Hall–Kier alpha value is -0.120. The fraction of sp³-hybridized carbons (Fsp3) is 1.00. The Labute approximate surface area is 126 Å². The zero-order chi connectivity index (χ0) is 15.8. The monoisotopic (exact) mass is 287 g/mol. The topological polar surface area (TPSA) is 30.5 Å². The second-order valence-electron chi connectivity index (χ2n) is 7.68. The molecule has 1 N–H and O–H groups in total. The summed E-state index contributed by atoms with van der Waals surface area (Å²) in [5.41, 5.74) is -0.227. The number of ether oxygens (including phenoxy) is 2. The Kier molecular flexibility index (Phi) is 8.96. The van der Waals surface area contributed by atoms with Crippen molar-refractivity contribution in [3.8, 4) is 0 Å². The van der Waals surface area contributed by atoms with Gasteiger partial charge in [0.1, 0.15) is 0 Å². The number of rotatable bonds is 11. The van der Waals surface area contributed by atoms with Crippen LogP contribution in [0.15, 0.2) is 0 Å². The van der Waals surface area contributed by atoms with Gasteiger partial charge in [0.05, 0.1) is 17.8 Å². The van der Waals surface area contributed by atoms with Crippen molar-refractivity contribution in [1.29, 1.82) is 0 Å².